The molecule has 8 heteroatoms. The second kappa shape index (κ2) is 9.93. The largest absolute Gasteiger partial charge is 0.371 e. The van der Waals surface area contributed by atoms with Gasteiger partial charge < -0.3 is 15.1 Å². The van der Waals surface area contributed by atoms with E-state index < -0.39 is 0 Å². The zero-order valence-electron chi connectivity index (χ0n) is 19.0. The number of nitrogens with one attached hydrogen (secondary N) is 1. The Hall–Kier alpha value is -2.90. The highest BCUT2D eigenvalue weighted by molar-refractivity contribution is 6.30. The fourth-order valence-corrected chi connectivity index (χ4v) is 4.68. The quantitative estimate of drug-likeness (QED) is 0.632. The minimum absolute atomic E-state index is 0.0307. The molecule has 7 nitrogen and oxygen atoms in total. The van der Waals surface area contributed by atoms with E-state index >= 15 is 0 Å². The molecule has 1 saturated heterocycles. The molecule has 0 radical (unpaired) electrons. The first-order valence-corrected chi connectivity index (χ1v) is 11.6. The molecular formula is C25H29ClN4O3. The van der Waals surface area contributed by atoms with Crippen LogP contribution in [0, 0.1) is 5.92 Å². The Morgan fingerprint density at radius 3 is 2.52 bits per heavy atom. The molecule has 0 aliphatic carbocycles. The molecule has 0 atom stereocenters. The summed E-state index contributed by atoms with van der Waals surface area (Å²) in [6.07, 6.45) is 1.43. The third-order valence-electron chi connectivity index (χ3n) is 6.27. The third-order valence-corrected chi connectivity index (χ3v) is 6.51. The van der Waals surface area contributed by atoms with Crippen LogP contribution in [0.2, 0.25) is 5.02 Å². The molecule has 0 saturated carbocycles. The number of hydrogen-bond donors (Lipinski definition) is 1. The molecule has 4 rings (SSSR count). The van der Waals surface area contributed by atoms with Gasteiger partial charge in [-0.15, -0.1) is 0 Å². The molecule has 2 aliphatic heterocycles. The maximum absolute atomic E-state index is 13.3. The summed E-state index contributed by atoms with van der Waals surface area (Å²) in [5.41, 5.74) is 2.46. The lowest BCUT2D eigenvalue weighted by atomic mass is 9.94. The highest BCUT2D eigenvalue weighted by Gasteiger charge is 2.39. The fourth-order valence-electron chi connectivity index (χ4n) is 4.47. The highest BCUT2D eigenvalue weighted by Crippen LogP contribution is 2.34. The van der Waals surface area contributed by atoms with Crippen LogP contribution in [0.3, 0.4) is 0 Å². The maximum atomic E-state index is 13.3. The number of carbonyl (C=O) groups excluding carboxylic acids is 3. The molecule has 1 fully saturated rings. The minimum atomic E-state index is -0.285. The first-order valence-electron chi connectivity index (χ1n) is 11.3. The average Bonchev–Trinajstić information content (AvgIpc) is 3.04. The lowest BCUT2D eigenvalue weighted by molar-refractivity contribution is -0.125. The van der Waals surface area contributed by atoms with Crippen LogP contribution in [0.15, 0.2) is 42.5 Å². The number of carbonyl (C=O) groups is 3. The van der Waals surface area contributed by atoms with Gasteiger partial charge in [-0.3, -0.25) is 19.3 Å². The third kappa shape index (κ3) is 5.04. The zero-order chi connectivity index (χ0) is 23.5. The van der Waals surface area contributed by atoms with Crippen molar-refractivity contribution in [2.45, 2.75) is 19.4 Å². The van der Waals surface area contributed by atoms with Gasteiger partial charge in [0.2, 0.25) is 5.91 Å². The maximum Gasteiger partial charge on any atom is 0.263 e. The Morgan fingerprint density at radius 1 is 1.09 bits per heavy atom. The molecule has 33 heavy (non-hydrogen) atoms. The lowest BCUT2D eigenvalue weighted by Crippen LogP contribution is -2.42. The van der Waals surface area contributed by atoms with Crippen molar-refractivity contribution in [3.05, 3.63) is 64.2 Å². The normalized spacial score (nSPS) is 16.5. The van der Waals surface area contributed by atoms with Crippen LogP contribution >= 0.6 is 11.6 Å². The predicted molar refractivity (Wildman–Crippen MR) is 129 cm³/mol. The monoisotopic (exact) mass is 468 g/mol. The van der Waals surface area contributed by atoms with E-state index in [9.17, 15) is 14.4 Å². The molecule has 2 aromatic rings. The van der Waals surface area contributed by atoms with Crippen LogP contribution in [0.4, 0.5) is 5.69 Å². The number of fused-ring (bicyclic) bond motifs is 1. The van der Waals surface area contributed by atoms with Gasteiger partial charge in [0.25, 0.3) is 11.8 Å². The smallest absolute Gasteiger partial charge is 0.263 e. The van der Waals surface area contributed by atoms with E-state index in [4.69, 9.17) is 11.6 Å². The zero-order valence-corrected chi connectivity index (χ0v) is 19.8. The van der Waals surface area contributed by atoms with E-state index in [1.807, 2.05) is 43.3 Å². The fraction of sp³-hybridized carbons (Fsp3) is 0.400. The summed E-state index contributed by atoms with van der Waals surface area (Å²) in [7, 11) is 3.95. The highest BCUT2D eigenvalue weighted by atomic mass is 35.5. The Morgan fingerprint density at radius 2 is 1.82 bits per heavy atom. The molecule has 2 aromatic carbocycles. The minimum Gasteiger partial charge on any atom is -0.371 e. The number of amides is 3. The summed E-state index contributed by atoms with van der Waals surface area (Å²) in [6, 6.07) is 12.6. The van der Waals surface area contributed by atoms with E-state index in [-0.39, 0.29) is 30.2 Å². The number of hydrogen-bond acceptors (Lipinski definition) is 5. The Balaban J connectivity index is 1.45. The van der Waals surface area contributed by atoms with Crippen molar-refractivity contribution in [2.75, 3.05) is 45.2 Å². The van der Waals surface area contributed by atoms with Crippen molar-refractivity contribution in [3.8, 4) is 0 Å². The van der Waals surface area contributed by atoms with Gasteiger partial charge in [-0.05, 0) is 56.8 Å². The Labute approximate surface area is 199 Å². The number of rotatable bonds is 7. The molecule has 0 aromatic heterocycles. The Kier molecular flexibility index (Phi) is 7.00. The van der Waals surface area contributed by atoms with E-state index in [1.165, 1.54) is 4.90 Å². The summed E-state index contributed by atoms with van der Waals surface area (Å²) < 4.78 is 0. The van der Waals surface area contributed by atoms with Gasteiger partial charge in [-0.25, -0.2) is 0 Å². The number of imide groups is 1. The van der Waals surface area contributed by atoms with Crippen LogP contribution in [-0.4, -0.2) is 67.8 Å². The van der Waals surface area contributed by atoms with Gasteiger partial charge in [0.15, 0.2) is 0 Å². The molecule has 2 aliphatic rings. The molecule has 3 amide bonds. The number of nitrogens with zero attached hydrogens (tertiary/aromatic N) is 3. The summed E-state index contributed by atoms with van der Waals surface area (Å²) in [5.74, 6) is -0.508. The van der Waals surface area contributed by atoms with Crippen molar-refractivity contribution in [1.29, 1.82) is 0 Å². The predicted octanol–water partition coefficient (Wildman–Crippen LogP) is 3.03. The number of piperidine rings is 1. The van der Waals surface area contributed by atoms with Crippen molar-refractivity contribution in [1.82, 2.24) is 15.1 Å². The van der Waals surface area contributed by atoms with Crippen LogP contribution in [0.1, 0.15) is 39.1 Å². The number of benzene rings is 2. The second-order valence-corrected chi connectivity index (χ2v) is 9.32. The molecule has 174 valence electrons. The first kappa shape index (κ1) is 23.3. The topological polar surface area (TPSA) is 73.0 Å². The Bertz CT molecular complexity index is 1060. The molecule has 1 N–H and O–H groups in total. The van der Waals surface area contributed by atoms with Crippen LogP contribution < -0.4 is 10.2 Å². The van der Waals surface area contributed by atoms with Gasteiger partial charge in [0.1, 0.15) is 0 Å². The van der Waals surface area contributed by atoms with Gasteiger partial charge in [-0.2, -0.15) is 0 Å². The molecule has 2 heterocycles. The van der Waals surface area contributed by atoms with Gasteiger partial charge >= 0.3 is 0 Å². The lowest BCUT2D eigenvalue weighted by Gasteiger charge is -2.34. The molecular weight excluding hydrogens is 440 g/mol. The standard InChI is InChI=1S/C25H29ClN4O3/c1-28(2)14-11-27-23(31)18-9-12-29(13-10-18)21-8-4-7-20-22(21)25(33)30(24(20)32)16-17-5-3-6-19(26)15-17/h3-8,15,18H,9-14,16H2,1-2H3,(H,27,31). The summed E-state index contributed by atoms with van der Waals surface area (Å²) in [6.45, 7) is 2.96. The van der Waals surface area contributed by atoms with Crippen LogP contribution in [-0.2, 0) is 11.3 Å². The molecule has 0 bridgehead atoms. The van der Waals surface area contributed by atoms with Crippen molar-refractivity contribution in [2.24, 2.45) is 5.92 Å². The van der Waals surface area contributed by atoms with Crippen molar-refractivity contribution >= 4 is 35.0 Å². The van der Waals surface area contributed by atoms with E-state index in [2.05, 4.69) is 10.2 Å². The summed E-state index contributed by atoms with van der Waals surface area (Å²) in [4.78, 5) is 44.2. The summed E-state index contributed by atoms with van der Waals surface area (Å²) in [5, 5.41) is 3.58. The number of anilines is 1. The van der Waals surface area contributed by atoms with Gasteiger partial charge in [0.05, 0.1) is 23.4 Å². The van der Waals surface area contributed by atoms with Crippen LogP contribution in [0.25, 0.3) is 0 Å². The second-order valence-electron chi connectivity index (χ2n) is 8.88. The first-order chi connectivity index (χ1) is 15.8. The van der Waals surface area contributed by atoms with E-state index in [1.54, 1.807) is 18.2 Å². The molecule has 0 spiro atoms. The van der Waals surface area contributed by atoms with Gasteiger partial charge in [0, 0.05) is 37.1 Å². The molecule has 0 unspecified atom stereocenters. The summed E-state index contributed by atoms with van der Waals surface area (Å²) >= 11 is 6.07. The number of likely N-dealkylation sites (N-methyl/N-ethyl adjacent to an activating group) is 1. The van der Waals surface area contributed by atoms with Gasteiger partial charge in [-0.1, -0.05) is 29.8 Å². The van der Waals surface area contributed by atoms with E-state index in [0.29, 0.717) is 48.6 Å². The van der Waals surface area contributed by atoms with E-state index in [0.717, 1.165) is 17.8 Å². The van der Waals surface area contributed by atoms with Crippen molar-refractivity contribution in [3.63, 3.8) is 0 Å². The number of halogens is 1. The van der Waals surface area contributed by atoms with Crippen LogP contribution in [0.5, 0.6) is 0 Å². The van der Waals surface area contributed by atoms with Crippen molar-refractivity contribution < 1.29 is 14.4 Å². The SMILES string of the molecule is CN(C)CCNC(=O)C1CCN(c2cccc3c2C(=O)N(Cc2cccc(Cl)c2)C3=O)CC1. The average molecular weight is 469 g/mol.